The van der Waals surface area contributed by atoms with Gasteiger partial charge in [-0.15, -0.1) is 5.10 Å². The van der Waals surface area contributed by atoms with Gasteiger partial charge < -0.3 is 5.73 Å². The molecule has 2 N–H and O–H groups in total. The van der Waals surface area contributed by atoms with Crippen LogP contribution >= 0.6 is 0 Å². The lowest BCUT2D eigenvalue weighted by atomic mass is 9.83. The molecule has 0 amide bonds. The van der Waals surface area contributed by atoms with E-state index in [1.807, 2.05) is 4.68 Å². The van der Waals surface area contributed by atoms with Crippen molar-refractivity contribution in [3.8, 4) is 0 Å². The fraction of sp³-hybridized carbons (Fsp3) is 0.385. The third-order valence-electron chi connectivity index (χ3n) is 3.46. The average molecular weight is 228 g/mol. The largest absolute Gasteiger partial charge is 0.381 e. The van der Waals surface area contributed by atoms with Crippen LogP contribution in [0, 0.1) is 0 Å². The number of anilines is 1. The Morgan fingerprint density at radius 1 is 1.35 bits per heavy atom. The number of nitrogens with zero attached hydrogens (tertiary/aromatic N) is 3. The highest BCUT2D eigenvalue weighted by molar-refractivity contribution is 5.32. The lowest BCUT2D eigenvalue weighted by Gasteiger charge is -2.25. The van der Waals surface area contributed by atoms with Crippen molar-refractivity contribution in [3.05, 3.63) is 41.6 Å². The molecule has 17 heavy (non-hydrogen) atoms. The summed E-state index contributed by atoms with van der Waals surface area (Å²) in [7, 11) is 0. The van der Waals surface area contributed by atoms with Gasteiger partial charge in [-0.05, 0) is 30.4 Å². The summed E-state index contributed by atoms with van der Waals surface area (Å²) in [5.41, 5.74) is 8.53. The van der Waals surface area contributed by atoms with E-state index in [0.717, 1.165) is 6.54 Å². The Morgan fingerprint density at radius 3 is 3.06 bits per heavy atom. The SMILES string of the molecule is Nc1cn(CC2CCCc3ccccc32)nn1. The minimum atomic E-state index is 0.495. The molecule has 0 aliphatic heterocycles. The molecule has 4 heteroatoms. The molecule has 1 heterocycles. The summed E-state index contributed by atoms with van der Waals surface area (Å²) in [6.07, 6.45) is 5.48. The van der Waals surface area contributed by atoms with Crippen LogP contribution in [0.4, 0.5) is 5.82 Å². The second-order valence-corrected chi connectivity index (χ2v) is 4.65. The first-order valence-electron chi connectivity index (χ1n) is 6.06. The van der Waals surface area contributed by atoms with Crippen LogP contribution in [-0.2, 0) is 13.0 Å². The quantitative estimate of drug-likeness (QED) is 0.855. The minimum absolute atomic E-state index is 0.495. The zero-order valence-electron chi connectivity index (χ0n) is 9.71. The van der Waals surface area contributed by atoms with Gasteiger partial charge in [0.1, 0.15) is 0 Å². The number of hydrogen-bond donors (Lipinski definition) is 1. The molecule has 0 spiro atoms. The number of aromatic nitrogens is 3. The molecule has 0 bridgehead atoms. The maximum atomic E-state index is 5.58. The van der Waals surface area contributed by atoms with E-state index in [-0.39, 0.29) is 0 Å². The van der Waals surface area contributed by atoms with Crippen molar-refractivity contribution in [2.24, 2.45) is 0 Å². The minimum Gasteiger partial charge on any atom is -0.381 e. The summed E-state index contributed by atoms with van der Waals surface area (Å²) in [6, 6.07) is 8.71. The maximum absolute atomic E-state index is 5.58. The molecule has 1 aliphatic rings. The Kier molecular flexibility index (Phi) is 2.55. The molecule has 88 valence electrons. The van der Waals surface area contributed by atoms with Crippen LogP contribution in [-0.4, -0.2) is 15.0 Å². The number of nitrogens with two attached hydrogens (primary N) is 1. The summed E-state index contributed by atoms with van der Waals surface area (Å²) in [6.45, 7) is 0.876. The van der Waals surface area contributed by atoms with E-state index in [0.29, 0.717) is 11.7 Å². The highest BCUT2D eigenvalue weighted by atomic mass is 15.4. The van der Waals surface area contributed by atoms with E-state index in [2.05, 4.69) is 34.6 Å². The molecule has 0 saturated carbocycles. The Morgan fingerprint density at radius 2 is 2.24 bits per heavy atom. The van der Waals surface area contributed by atoms with Crippen LogP contribution in [0.1, 0.15) is 29.9 Å². The molecular formula is C13H16N4. The number of fused-ring (bicyclic) bond motifs is 1. The zero-order valence-corrected chi connectivity index (χ0v) is 9.71. The number of hydrogen-bond acceptors (Lipinski definition) is 3. The smallest absolute Gasteiger partial charge is 0.165 e. The Balaban J connectivity index is 1.85. The number of rotatable bonds is 2. The first kappa shape index (κ1) is 10.3. The summed E-state index contributed by atoms with van der Waals surface area (Å²) in [4.78, 5) is 0. The maximum Gasteiger partial charge on any atom is 0.165 e. The molecule has 1 atom stereocenters. The number of benzene rings is 1. The highest BCUT2D eigenvalue weighted by Crippen LogP contribution is 2.32. The molecule has 4 nitrogen and oxygen atoms in total. The summed E-state index contributed by atoms with van der Waals surface area (Å²) in [5, 5.41) is 7.85. The fourth-order valence-electron chi connectivity index (χ4n) is 2.67. The van der Waals surface area contributed by atoms with Crippen LogP contribution in [0.25, 0.3) is 0 Å². The van der Waals surface area contributed by atoms with Crippen molar-refractivity contribution >= 4 is 5.82 Å². The van der Waals surface area contributed by atoms with E-state index in [4.69, 9.17) is 5.73 Å². The molecule has 1 aromatic carbocycles. The van der Waals surface area contributed by atoms with E-state index in [9.17, 15) is 0 Å². The van der Waals surface area contributed by atoms with E-state index in [1.165, 1.54) is 30.4 Å². The predicted octanol–water partition coefficient (Wildman–Crippen LogP) is 1.98. The number of aryl methyl sites for hydroxylation is 1. The molecule has 0 fully saturated rings. The standard InChI is InChI=1S/C13H16N4/c14-13-9-17(16-15-13)8-11-6-3-5-10-4-1-2-7-12(10)11/h1-2,4,7,9,11H,3,5-6,8,14H2. The van der Waals surface area contributed by atoms with Gasteiger partial charge in [-0.1, -0.05) is 29.5 Å². The molecule has 0 radical (unpaired) electrons. The van der Waals surface area contributed by atoms with Gasteiger partial charge in [-0.2, -0.15) is 0 Å². The molecule has 3 rings (SSSR count). The normalized spacial score (nSPS) is 18.9. The van der Waals surface area contributed by atoms with Crippen molar-refractivity contribution in [2.75, 3.05) is 5.73 Å². The first-order valence-corrected chi connectivity index (χ1v) is 6.06. The average Bonchev–Trinajstić information content (AvgIpc) is 2.75. The van der Waals surface area contributed by atoms with E-state index in [1.54, 1.807) is 6.20 Å². The molecule has 1 aromatic heterocycles. The van der Waals surface area contributed by atoms with Gasteiger partial charge in [-0.3, -0.25) is 0 Å². The Hall–Kier alpha value is -1.84. The third kappa shape index (κ3) is 2.02. The van der Waals surface area contributed by atoms with Gasteiger partial charge in [-0.25, -0.2) is 4.68 Å². The summed E-state index contributed by atoms with van der Waals surface area (Å²) < 4.78 is 1.85. The summed E-state index contributed by atoms with van der Waals surface area (Å²) in [5.74, 6) is 1.04. The summed E-state index contributed by atoms with van der Waals surface area (Å²) >= 11 is 0. The van der Waals surface area contributed by atoms with Crippen molar-refractivity contribution in [1.29, 1.82) is 0 Å². The van der Waals surface area contributed by atoms with Crippen LogP contribution in [0.5, 0.6) is 0 Å². The van der Waals surface area contributed by atoms with Gasteiger partial charge in [0.05, 0.1) is 6.20 Å². The highest BCUT2D eigenvalue weighted by Gasteiger charge is 2.20. The zero-order chi connectivity index (χ0) is 11.7. The number of nitrogen functional groups attached to an aromatic ring is 1. The van der Waals surface area contributed by atoms with E-state index < -0.39 is 0 Å². The van der Waals surface area contributed by atoms with Gasteiger partial charge in [0.15, 0.2) is 5.82 Å². The molecule has 2 aromatic rings. The predicted molar refractivity (Wildman–Crippen MR) is 66.6 cm³/mol. The molecule has 1 unspecified atom stereocenters. The van der Waals surface area contributed by atoms with Crippen LogP contribution in [0.15, 0.2) is 30.5 Å². The topological polar surface area (TPSA) is 56.7 Å². The van der Waals surface area contributed by atoms with Crippen molar-refractivity contribution < 1.29 is 0 Å². The van der Waals surface area contributed by atoms with Gasteiger partial charge in [0, 0.05) is 12.5 Å². The lowest BCUT2D eigenvalue weighted by molar-refractivity contribution is 0.449. The lowest BCUT2D eigenvalue weighted by Crippen LogP contribution is -2.15. The van der Waals surface area contributed by atoms with Crippen LogP contribution < -0.4 is 5.73 Å². The van der Waals surface area contributed by atoms with Crippen molar-refractivity contribution in [2.45, 2.75) is 31.7 Å². The molecule has 0 saturated heterocycles. The van der Waals surface area contributed by atoms with Crippen molar-refractivity contribution in [1.82, 2.24) is 15.0 Å². The monoisotopic (exact) mass is 228 g/mol. The second kappa shape index (κ2) is 4.20. The first-order chi connectivity index (χ1) is 8.33. The third-order valence-corrected chi connectivity index (χ3v) is 3.46. The van der Waals surface area contributed by atoms with Crippen molar-refractivity contribution in [3.63, 3.8) is 0 Å². The van der Waals surface area contributed by atoms with Crippen LogP contribution in [0.3, 0.4) is 0 Å². The Bertz CT molecular complexity index is 518. The van der Waals surface area contributed by atoms with Crippen LogP contribution in [0.2, 0.25) is 0 Å². The molecular weight excluding hydrogens is 212 g/mol. The van der Waals surface area contributed by atoms with Gasteiger partial charge in [0.25, 0.3) is 0 Å². The second-order valence-electron chi connectivity index (χ2n) is 4.65. The fourth-order valence-corrected chi connectivity index (χ4v) is 2.67. The molecule has 1 aliphatic carbocycles. The van der Waals surface area contributed by atoms with Gasteiger partial charge in [0.2, 0.25) is 0 Å². The van der Waals surface area contributed by atoms with E-state index >= 15 is 0 Å². The Labute approximate surface area is 100 Å². The van der Waals surface area contributed by atoms with Gasteiger partial charge >= 0.3 is 0 Å².